The fourth-order valence-electron chi connectivity index (χ4n) is 0.0680. The lowest BCUT2D eigenvalue weighted by molar-refractivity contribution is -0.112. The Morgan fingerprint density at radius 1 is 1.30 bits per heavy atom. The Morgan fingerprint density at radius 2 is 1.60 bits per heavy atom. The standard InChI is InChI=1S/2C4H6O/c1-3-5-4-2;1-3-4(2)5/h3-4H,1-2H2;3H,1H2,2H3. The highest BCUT2D eigenvalue weighted by atomic mass is 16.5. The predicted molar refractivity (Wildman–Crippen MR) is 42.4 cm³/mol. The molecule has 0 aromatic rings. The molecule has 0 rings (SSSR count). The van der Waals surface area contributed by atoms with Crippen molar-refractivity contribution in [1.29, 1.82) is 0 Å². The molecule has 0 radical (unpaired) electrons. The van der Waals surface area contributed by atoms with Gasteiger partial charge in [0.1, 0.15) is 0 Å². The third-order valence-corrected chi connectivity index (χ3v) is 0.480. The van der Waals surface area contributed by atoms with Gasteiger partial charge in [-0.15, -0.1) is 0 Å². The van der Waals surface area contributed by atoms with Gasteiger partial charge in [0.05, 0.1) is 12.5 Å². The Labute approximate surface area is 61.5 Å². The van der Waals surface area contributed by atoms with E-state index in [1.54, 1.807) is 0 Å². The van der Waals surface area contributed by atoms with Gasteiger partial charge in [0.15, 0.2) is 5.78 Å². The van der Waals surface area contributed by atoms with Gasteiger partial charge in [0.25, 0.3) is 0 Å². The Kier molecular flexibility index (Phi) is 12.2. The zero-order valence-electron chi connectivity index (χ0n) is 6.17. The van der Waals surface area contributed by atoms with Gasteiger partial charge in [0.2, 0.25) is 0 Å². The maximum atomic E-state index is 9.69. The molecule has 0 fully saturated rings. The second kappa shape index (κ2) is 10.6. The van der Waals surface area contributed by atoms with Crippen LogP contribution in [-0.2, 0) is 9.53 Å². The molecular formula is C8H12O2. The van der Waals surface area contributed by atoms with Crippen molar-refractivity contribution in [3.8, 4) is 0 Å². The average Bonchev–Trinajstić information content (AvgIpc) is 1.91. The first kappa shape index (κ1) is 11.5. The van der Waals surface area contributed by atoms with Crippen molar-refractivity contribution in [2.75, 3.05) is 0 Å². The van der Waals surface area contributed by atoms with Gasteiger partial charge in [0, 0.05) is 0 Å². The summed E-state index contributed by atoms with van der Waals surface area (Å²) < 4.78 is 4.36. The molecule has 0 aliphatic carbocycles. The monoisotopic (exact) mass is 140 g/mol. The summed E-state index contributed by atoms with van der Waals surface area (Å²) in [6, 6.07) is 0. The zero-order chi connectivity index (χ0) is 8.41. The summed E-state index contributed by atoms with van der Waals surface area (Å²) in [7, 11) is 0. The van der Waals surface area contributed by atoms with Crippen molar-refractivity contribution >= 4 is 5.78 Å². The summed E-state index contributed by atoms with van der Waals surface area (Å²) in [5.41, 5.74) is 0. The summed E-state index contributed by atoms with van der Waals surface area (Å²) in [5, 5.41) is 0. The average molecular weight is 140 g/mol. The fourth-order valence-corrected chi connectivity index (χ4v) is 0.0680. The predicted octanol–water partition coefficient (Wildman–Crippen LogP) is 2.05. The molecule has 0 aromatic heterocycles. The van der Waals surface area contributed by atoms with E-state index < -0.39 is 0 Å². The van der Waals surface area contributed by atoms with E-state index in [4.69, 9.17) is 0 Å². The summed E-state index contributed by atoms with van der Waals surface area (Å²) in [5.74, 6) is 0.0185. The Hall–Kier alpha value is -1.31. The number of rotatable bonds is 3. The molecule has 0 saturated carbocycles. The first-order valence-electron chi connectivity index (χ1n) is 2.69. The Bertz CT molecular complexity index is 119. The van der Waals surface area contributed by atoms with E-state index in [1.807, 2.05) is 0 Å². The molecule has 0 aliphatic rings. The van der Waals surface area contributed by atoms with Crippen LogP contribution in [0, 0.1) is 0 Å². The van der Waals surface area contributed by atoms with E-state index in [0.717, 1.165) is 0 Å². The van der Waals surface area contributed by atoms with Gasteiger partial charge >= 0.3 is 0 Å². The van der Waals surface area contributed by atoms with Crippen molar-refractivity contribution in [1.82, 2.24) is 0 Å². The number of ketones is 1. The molecule has 2 heteroatoms. The van der Waals surface area contributed by atoms with Crippen molar-refractivity contribution in [2.45, 2.75) is 6.92 Å². The minimum atomic E-state index is 0.0185. The van der Waals surface area contributed by atoms with E-state index in [2.05, 4.69) is 24.5 Å². The lowest BCUT2D eigenvalue weighted by atomic mass is 10.5. The SMILES string of the molecule is C=CC(C)=O.C=COC=C. The number of hydrogen-bond donors (Lipinski definition) is 0. The summed E-state index contributed by atoms with van der Waals surface area (Å²) in [6.45, 7) is 11.2. The fraction of sp³-hybridized carbons (Fsp3) is 0.125. The van der Waals surface area contributed by atoms with Crippen LogP contribution in [0.4, 0.5) is 0 Å². The molecule has 0 unspecified atom stereocenters. The second-order valence-corrected chi connectivity index (χ2v) is 1.28. The first-order valence-corrected chi connectivity index (χ1v) is 2.69. The van der Waals surface area contributed by atoms with Crippen LogP contribution in [0.5, 0.6) is 0 Å². The van der Waals surface area contributed by atoms with Crippen LogP contribution in [0.25, 0.3) is 0 Å². The van der Waals surface area contributed by atoms with Crippen LogP contribution in [0.2, 0.25) is 0 Å². The molecule has 0 aromatic carbocycles. The summed E-state index contributed by atoms with van der Waals surface area (Å²) in [4.78, 5) is 9.69. The maximum absolute atomic E-state index is 9.69. The number of carbonyl (C=O) groups excluding carboxylic acids is 1. The highest BCUT2D eigenvalue weighted by Crippen LogP contribution is 1.65. The van der Waals surface area contributed by atoms with E-state index in [1.165, 1.54) is 25.5 Å². The van der Waals surface area contributed by atoms with Crippen molar-refractivity contribution in [2.24, 2.45) is 0 Å². The van der Waals surface area contributed by atoms with Crippen LogP contribution >= 0.6 is 0 Å². The van der Waals surface area contributed by atoms with E-state index in [9.17, 15) is 4.79 Å². The third-order valence-electron chi connectivity index (χ3n) is 0.480. The lowest BCUT2D eigenvalue weighted by Gasteiger charge is -1.76. The zero-order valence-corrected chi connectivity index (χ0v) is 6.17. The van der Waals surface area contributed by atoms with Crippen LogP contribution < -0.4 is 0 Å². The van der Waals surface area contributed by atoms with E-state index in [0.29, 0.717) is 0 Å². The summed E-state index contributed by atoms with van der Waals surface area (Å²) >= 11 is 0. The second-order valence-electron chi connectivity index (χ2n) is 1.28. The Morgan fingerprint density at radius 3 is 1.60 bits per heavy atom. The molecule has 0 aliphatic heterocycles. The lowest BCUT2D eigenvalue weighted by Crippen LogP contribution is -1.74. The molecule has 0 amide bonds. The first-order chi connectivity index (χ1) is 4.68. The van der Waals surface area contributed by atoms with Gasteiger partial charge in [-0.25, -0.2) is 0 Å². The number of ether oxygens (including phenoxy) is 1. The number of allylic oxidation sites excluding steroid dienone is 1. The molecule has 2 nitrogen and oxygen atoms in total. The van der Waals surface area contributed by atoms with Gasteiger partial charge in [-0.1, -0.05) is 19.7 Å². The summed E-state index contributed by atoms with van der Waals surface area (Å²) in [6.07, 6.45) is 3.90. The van der Waals surface area contributed by atoms with Crippen molar-refractivity contribution in [3.05, 3.63) is 38.3 Å². The number of hydrogen-bond acceptors (Lipinski definition) is 2. The molecule has 10 heavy (non-hydrogen) atoms. The van der Waals surface area contributed by atoms with Crippen LogP contribution in [0.1, 0.15) is 6.92 Å². The van der Waals surface area contributed by atoms with Gasteiger partial charge in [-0.05, 0) is 13.0 Å². The number of carbonyl (C=O) groups is 1. The molecule has 0 spiro atoms. The van der Waals surface area contributed by atoms with Gasteiger partial charge in [-0.3, -0.25) is 4.79 Å². The Balaban J connectivity index is 0. The van der Waals surface area contributed by atoms with Crippen molar-refractivity contribution in [3.63, 3.8) is 0 Å². The van der Waals surface area contributed by atoms with Crippen LogP contribution in [-0.4, -0.2) is 5.78 Å². The minimum Gasteiger partial charge on any atom is -0.474 e. The van der Waals surface area contributed by atoms with Crippen LogP contribution in [0.3, 0.4) is 0 Å². The maximum Gasteiger partial charge on any atom is 0.152 e. The highest BCUT2D eigenvalue weighted by Gasteiger charge is 1.69. The van der Waals surface area contributed by atoms with Crippen molar-refractivity contribution < 1.29 is 9.53 Å². The molecule has 0 atom stereocenters. The third kappa shape index (κ3) is 29.9. The molecular weight excluding hydrogens is 128 g/mol. The van der Waals surface area contributed by atoms with Gasteiger partial charge in [-0.2, -0.15) is 0 Å². The highest BCUT2D eigenvalue weighted by molar-refractivity contribution is 5.86. The molecule has 0 heterocycles. The minimum absolute atomic E-state index is 0.0185. The molecule has 56 valence electrons. The van der Waals surface area contributed by atoms with Crippen LogP contribution in [0.15, 0.2) is 38.3 Å². The quantitative estimate of drug-likeness (QED) is 0.443. The molecule has 0 bridgehead atoms. The van der Waals surface area contributed by atoms with Gasteiger partial charge < -0.3 is 4.74 Å². The molecule has 0 N–H and O–H groups in total. The topological polar surface area (TPSA) is 26.3 Å². The largest absolute Gasteiger partial charge is 0.474 e. The normalized spacial score (nSPS) is 6.10. The molecule has 0 saturated heterocycles. The smallest absolute Gasteiger partial charge is 0.152 e. The van der Waals surface area contributed by atoms with E-state index >= 15 is 0 Å². The van der Waals surface area contributed by atoms with E-state index in [-0.39, 0.29) is 5.78 Å².